The lowest BCUT2D eigenvalue weighted by atomic mass is 10.1. The highest BCUT2D eigenvalue weighted by atomic mass is 16.5. The summed E-state index contributed by atoms with van der Waals surface area (Å²) < 4.78 is 5.25. The van der Waals surface area contributed by atoms with E-state index in [1.54, 1.807) is 18.6 Å². The molecule has 1 saturated carbocycles. The lowest BCUT2D eigenvalue weighted by Crippen LogP contribution is -2.29. The molecule has 2 fully saturated rings. The largest absolute Gasteiger partial charge is 0.342 e. The molecule has 1 saturated heterocycles. The number of hydrogen-bond donors (Lipinski definition) is 0. The van der Waals surface area contributed by atoms with Crippen molar-refractivity contribution >= 4 is 5.91 Å². The molecule has 1 aliphatic carbocycles. The maximum atomic E-state index is 12.1. The van der Waals surface area contributed by atoms with Crippen molar-refractivity contribution in [2.24, 2.45) is 5.92 Å². The van der Waals surface area contributed by atoms with Crippen LogP contribution in [0.25, 0.3) is 11.6 Å². The number of likely N-dealkylation sites (tertiary alicyclic amines) is 1. The molecule has 1 atom stereocenters. The van der Waals surface area contributed by atoms with E-state index < -0.39 is 0 Å². The Morgan fingerprint density at radius 3 is 2.95 bits per heavy atom. The summed E-state index contributed by atoms with van der Waals surface area (Å²) in [4.78, 5) is 26.5. The van der Waals surface area contributed by atoms with E-state index in [0.717, 1.165) is 25.8 Å². The van der Waals surface area contributed by atoms with Crippen LogP contribution in [0.2, 0.25) is 0 Å². The van der Waals surface area contributed by atoms with Crippen LogP contribution in [0, 0.1) is 5.92 Å². The van der Waals surface area contributed by atoms with Gasteiger partial charge in [0, 0.05) is 37.3 Å². The summed E-state index contributed by atoms with van der Waals surface area (Å²) in [6.07, 6.45) is 7.74. The Bertz CT molecular complexity index is 652. The Hall–Kier alpha value is -2.31. The molecular weight excluding hydrogens is 270 g/mol. The van der Waals surface area contributed by atoms with Crippen molar-refractivity contribution in [2.45, 2.75) is 25.2 Å². The van der Waals surface area contributed by atoms with E-state index in [-0.39, 0.29) is 17.7 Å². The highest BCUT2D eigenvalue weighted by Gasteiger charge is 2.38. The number of amides is 1. The van der Waals surface area contributed by atoms with E-state index in [4.69, 9.17) is 4.52 Å². The number of hydrogen-bond acceptors (Lipinski definition) is 6. The molecule has 4 rings (SSSR count). The van der Waals surface area contributed by atoms with Gasteiger partial charge in [-0.15, -0.1) is 0 Å². The molecule has 0 spiro atoms. The molecule has 3 heterocycles. The van der Waals surface area contributed by atoms with Gasteiger partial charge in [-0.05, 0) is 19.3 Å². The normalized spacial score (nSPS) is 21.7. The standard InChI is InChI=1S/C14H15N5O2/c20-14(9-1-2-9)19-6-3-10(8-19)12-17-13(21-18-12)11-7-15-4-5-16-11/h4-5,7,9-10H,1-3,6,8H2. The average molecular weight is 285 g/mol. The summed E-state index contributed by atoms with van der Waals surface area (Å²) in [6, 6.07) is 0. The topological polar surface area (TPSA) is 85.0 Å². The van der Waals surface area contributed by atoms with Gasteiger partial charge in [-0.2, -0.15) is 4.98 Å². The lowest BCUT2D eigenvalue weighted by Gasteiger charge is -2.14. The third-order valence-corrected chi connectivity index (χ3v) is 4.02. The van der Waals surface area contributed by atoms with E-state index >= 15 is 0 Å². The van der Waals surface area contributed by atoms with Crippen LogP contribution < -0.4 is 0 Å². The van der Waals surface area contributed by atoms with Gasteiger partial charge in [0.15, 0.2) is 5.82 Å². The smallest absolute Gasteiger partial charge is 0.278 e. The molecule has 7 nitrogen and oxygen atoms in total. The Labute approximate surface area is 121 Å². The van der Waals surface area contributed by atoms with Crippen molar-refractivity contribution in [1.29, 1.82) is 0 Å². The summed E-state index contributed by atoms with van der Waals surface area (Å²) in [5.74, 6) is 1.74. The Morgan fingerprint density at radius 2 is 2.19 bits per heavy atom. The van der Waals surface area contributed by atoms with Crippen molar-refractivity contribution in [1.82, 2.24) is 25.0 Å². The molecule has 21 heavy (non-hydrogen) atoms. The minimum atomic E-state index is 0.155. The summed E-state index contributed by atoms with van der Waals surface area (Å²) in [7, 11) is 0. The Morgan fingerprint density at radius 1 is 1.29 bits per heavy atom. The Balaban J connectivity index is 1.48. The quantitative estimate of drug-likeness (QED) is 0.843. The van der Waals surface area contributed by atoms with Crippen LogP contribution >= 0.6 is 0 Å². The van der Waals surface area contributed by atoms with Crippen LogP contribution in [-0.2, 0) is 4.79 Å². The van der Waals surface area contributed by atoms with Gasteiger partial charge < -0.3 is 9.42 Å². The van der Waals surface area contributed by atoms with E-state index in [1.165, 1.54) is 0 Å². The molecular formula is C14H15N5O2. The number of rotatable bonds is 3. The Kier molecular flexibility index (Phi) is 2.90. The number of aromatic nitrogens is 4. The maximum Gasteiger partial charge on any atom is 0.278 e. The molecule has 2 aliphatic rings. The number of nitrogens with zero attached hydrogens (tertiary/aromatic N) is 5. The van der Waals surface area contributed by atoms with Gasteiger partial charge in [0.2, 0.25) is 5.91 Å². The zero-order valence-corrected chi connectivity index (χ0v) is 11.5. The molecule has 7 heteroatoms. The molecule has 1 amide bonds. The summed E-state index contributed by atoms with van der Waals surface area (Å²) in [5.41, 5.74) is 0.570. The molecule has 0 aromatic carbocycles. The van der Waals surface area contributed by atoms with Crippen LogP contribution in [0.5, 0.6) is 0 Å². The summed E-state index contributed by atoms with van der Waals surface area (Å²) >= 11 is 0. The van der Waals surface area contributed by atoms with Gasteiger partial charge >= 0.3 is 0 Å². The predicted molar refractivity (Wildman–Crippen MR) is 72.0 cm³/mol. The second-order valence-electron chi connectivity index (χ2n) is 5.59. The summed E-state index contributed by atoms with van der Waals surface area (Å²) in [6.45, 7) is 1.48. The lowest BCUT2D eigenvalue weighted by molar-refractivity contribution is -0.131. The second kappa shape index (κ2) is 4.91. The third kappa shape index (κ3) is 2.39. The number of carbonyl (C=O) groups is 1. The maximum absolute atomic E-state index is 12.1. The third-order valence-electron chi connectivity index (χ3n) is 4.02. The predicted octanol–water partition coefficient (Wildman–Crippen LogP) is 1.25. The van der Waals surface area contributed by atoms with Crippen molar-refractivity contribution in [3.05, 3.63) is 24.4 Å². The number of carbonyl (C=O) groups excluding carboxylic acids is 1. The van der Waals surface area contributed by atoms with Crippen LogP contribution in [0.3, 0.4) is 0 Å². The van der Waals surface area contributed by atoms with E-state index in [9.17, 15) is 4.79 Å². The second-order valence-corrected chi connectivity index (χ2v) is 5.59. The van der Waals surface area contributed by atoms with E-state index in [1.807, 2.05) is 4.90 Å². The van der Waals surface area contributed by atoms with Gasteiger partial charge in [-0.3, -0.25) is 9.78 Å². The molecule has 0 bridgehead atoms. The van der Waals surface area contributed by atoms with Crippen molar-refractivity contribution in [2.75, 3.05) is 13.1 Å². The SMILES string of the molecule is O=C(C1CC1)N1CCC(c2noc(-c3cnccn3)n2)C1. The van der Waals surface area contributed by atoms with E-state index in [0.29, 0.717) is 24.0 Å². The van der Waals surface area contributed by atoms with Crippen molar-refractivity contribution in [3.63, 3.8) is 0 Å². The highest BCUT2D eigenvalue weighted by Crippen LogP contribution is 2.34. The molecule has 2 aromatic rings. The first-order valence-electron chi connectivity index (χ1n) is 7.20. The monoisotopic (exact) mass is 285 g/mol. The molecule has 0 radical (unpaired) electrons. The minimum Gasteiger partial charge on any atom is -0.342 e. The summed E-state index contributed by atoms with van der Waals surface area (Å²) in [5, 5.41) is 4.04. The van der Waals surface area contributed by atoms with Crippen molar-refractivity contribution in [3.8, 4) is 11.6 Å². The zero-order chi connectivity index (χ0) is 14.2. The highest BCUT2D eigenvalue weighted by molar-refractivity contribution is 5.81. The van der Waals surface area contributed by atoms with Gasteiger partial charge in [-0.1, -0.05) is 5.16 Å². The molecule has 0 N–H and O–H groups in total. The average Bonchev–Trinajstić information content (AvgIpc) is 3.06. The van der Waals surface area contributed by atoms with Gasteiger partial charge in [0.05, 0.1) is 6.20 Å². The first kappa shape index (κ1) is 12.4. The van der Waals surface area contributed by atoms with Crippen LogP contribution in [0.1, 0.15) is 31.0 Å². The molecule has 1 aliphatic heterocycles. The van der Waals surface area contributed by atoms with Crippen LogP contribution in [0.15, 0.2) is 23.1 Å². The van der Waals surface area contributed by atoms with Gasteiger partial charge in [-0.25, -0.2) is 4.98 Å². The van der Waals surface area contributed by atoms with E-state index in [2.05, 4.69) is 20.1 Å². The van der Waals surface area contributed by atoms with Gasteiger partial charge in [0.25, 0.3) is 5.89 Å². The van der Waals surface area contributed by atoms with Crippen LogP contribution in [-0.4, -0.2) is 44.0 Å². The molecule has 1 unspecified atom stereocenters. The fourth-order valence-corrected chi connectivity index (χ4v) is 2.67. The first-order chi connectivity index (χ1) is 10.3. The molecule has 2 aromatic heterocycles. The zero-order valence-electron chi connectivity index (χ0n) is 11.5. The minimum absolute atomic E-state index is 0.155. The fraction of sp³-hybridized carbons (Fsp3) is 0.500. The molecule has 108 valence electrons. The van der Waals surface area contributed by atoms with Crippen molar-refractivity contribution < 1.29 is 9.32 Å². The van der Waals surface area contributed by atoms with Crippen LogP contribution in [0.4, 0.5) is 0 Å². The first-order valence-corrected chi connectivity index (χ1v) is 7.20. The van der Waals surface area contributed by atoms with Gasteiger partial charge in [0.1, 0.15) is 5.69 Å². The fourth-order valence-electron chi connectivity index (χ4n) is 2.67.